The van der Waals surface area contributed by atoms with Gasteiger partial charge in [-0.1, -0.05) is 51.1 Å². The summed E-state index contributed by atoms with van der Waals surface area (Å²) < 4.78 is 5.32. The van der Waals surface area contributed by atoms with E-state index in [1.54, 1.807) is 6.08 Å². The number of hydrogen-bond acceptors (Lipinski definition) is 3. The lowest BCUT2D eigenvalue weighted by atomic mass is 9.62. The van der Waals surface area contributed by atoms with Crippen LogP contribution in [0.3, 0.4) is 0 Å². The first kappa shape index (κ1) is 18.4. The molecule has 2 aromatic rings. The summed E-state index contributed by atoms with van der Waals surface area (Å²) in [7, 11) is 0. The Morgan fingerprint density at radius 3 is 2.27 bits per heavy atom. The quantitative estimate of drug-likeness (QED) is 0.753. The Morgan fingerprint density at radius 2 is 1.77 bits per heavy atom. The van der Waals surface area contributed by atoms with Crippen LogP contribution in [0.25, 0.3) is 0 Å². The predicted molar refractivity (Wildman–Crippen MR) is 102 cm³/mol. The summed E-state index contributed by atoms with van der Waals surface area (Å²) in [5.41, 5.74) is 5.20. The van der Waals surface area contributed by atoms with Gasteiger partial charge in [-0.2, -0.15) is 0 Å². The molecule has 0 spiro atoms. The van der Waals surface area contributed by atoms with Gasteiger partial charge in [0, 0.05) is 6.07 Å². The van der Waals surface area contributed by atoms with Crippen LogP contribution in [0.4, 0.5) is 0 Å². The summed E-state index contributed by atoms with van der Waals surface area (Å²) in [4.78, 5) is 11.1. The van der Waals surface area contributed by atoms with E-state index >= 15 is 0 Å². The minimum atomic E-state index is -1.09. The first-order valence-corrected chi connectivity index (χ1v) is 9.05. The van der Waals surface area contributed by atoms with Gasteiger partial charge in [-0.15, -0.1) is 6.58 Å². The molecule has 4 heteroatoms. The smallest absolute Gasteiger partial charge is 0.358 e. The molecule has 1 aromatic heterocycles. The second kappa shape index (κ2) is 6.11. The molecular formula is C22H27NO3. The fourth-order valence-electron chi connectivity index (χ4n) is 4.01. The molecular weight excluding hydrogens is 326 g/mol. The number of nitrogens with zero attached hydrogens (tertiary/aromatic N) is 1. The molecule has 1 aliphatic rings. The predicted octanol–water partition coefficient (Wildman–Crippen LogP) is 5.35. The highest BCUT2D eigenvalue weighted by Gasteiger charge is 2.38. The number of aromatic nitrogens is 1. The van der Waals surface area contributed by atoms with Gasteiger partial charge in [-0.3, -0.25) is 0 Å². The third-order valence-corrected chi connectivity index (χ3v) is 5.86. The molecule has 0 aliphatic heterocycles. The van der Waals surface area contributed by atoms with Crippen molar-refractivity contribution in [3.8, 4) is 0 Å². The number of benzene rings is 1. The van der Waals surface area contributed by atoms with Crippen molar-refractivity contribution >= 4 is 5.97 Å². The number of hydrogen-bond donors (Lipinski definition) is 1. The van der Waals surface area contributed by atoms with Crippen LogP contribution in [-0.4, -0.2) is 16.2 Å². The molecule has 0 saturated heterocycles. The summed E-state index contributed by atoms with van der Waals surface area (Å²) in [5.74, 6) is -0.803. The largest absolute Gasteiger partial charge is 0.476 e. The van der Waals surface area contributed by atoms with Gasteiger partial charge in [0.25, 0.3) is 0 Å². The molecule has 1 aromatic carbocycles. The summed E-state index contributed by atoms with van der Waals surface area (Å²) >= 11 is 0. The molecule has 138 valence electrons. The normalized spacial score (nSPS) is 18.8. The average molecular weight is 353 g/mol. The van der Waals surface area contributed by atoms with Crippen molar-refractivity contribution in [2.24, 2.45) is 0 Å². The molecule has 1 unspecified atom stereocenters. The zero-order valence-electron chi connectivity index (χ0n) is 16.2. The number of aryl methyl sites for hydroxylation is 1. The highest BCUT2D eigenvalue weighted by molar-refractivity contribution is 5.85. The van der Waals surface area contributed by atoms with Crippen LogP contribution in [0.15, 0.2) is 35.4 Å². The molecule has 3 rings (SSSR count). The zero-order chi connectivity index (χ0) is 19.3. The molecule has 1 aliphatic carbocycles. The highest BCUT2D eigenvalue weighted by Crippen LogP contribution is 2.47. The summed E-state index contributed by atoms with van der Waals surface area (Å²) in [5, 5.41) is 12.8. The van der Waals surface area contributed by atoms with E-state index in [1.807, 2.05) is 0 Å². The van der Waals surface area contributed by atoms with E-state index in [-0.39, 0.29) is 22.4 Å². The van der Waals surface area contributed by atoms with Crippen molar-refractivity contribution in [3.63, 3.8) is 0 Å². The number of carboxylic acid groups (broad SMARTS) is 1. The van der Waals surface area contributed by atoms with Crippen molar-refractivity contribution in [1.29, 1.82) is 0 Å². The third-order valence-electron chi connectivity index (χ3n) is 5.86. The first-order chi connectivity index (χ1) is 12.1. The number of allylic oxidation sites excluding steroid dienone is 1. The van der Waals surface area contributed by atoms with E-state index in [1.165, 1.54) is 23.6 Å². The molecule has 1 heterocycles. The number of fused-ring (bicyclic) bond motifs is 1. The Balaban J connectivity index is 2.15. The van der Waals surface area contributed by atoms with Crippen LogP contribution in [0.5, 0.6) is 0 Å². The van der Waals surface area contributed by atoms with Crippen LogP contribution < -0.4 is 0 Å². The van der Waals surface area contributed by atoms with E-state index in [9.17, 15) is 4.79 Å². The molecule has 0 saturated carbocycles. The SMILES string of the molecule is C=CC(c1cc(C(=O)O)no1)c1cc2c(cc1C)C(C)(C)CCC2(C)C. The maximum atomic E-state index is 11.1. The van der Waals surface area contributed by atoms with Gasteiger partial charge in [-0.25, -0.2) is 4.79 Å². The molecule has 26 heavy (non-hydrogen) atoms. The molecule has 0 fully saturated rings. The van der Waals surface area contributed by atoms with E-state index in [0.29, 0.717) is 5.76 Å². The van der Waals surface area contributed by atoms with Crippen LogP contribution in [0.2, 0.25) is 0 Å². The van der Waals surface area contributed by atoms with Crippen molar-refractivity contribution < 1.29 is 14.4 Å². The fourth-order valence-corrected chi connectivity index (χ4v) is 4.01. The van der Waals surface area contributed by atoms with E-state index in [2.05, 4.69) is 58.5 Å². The lowest BCUT2D eigenvalue weighted by Crippen LogP contribution is -2.34. The first-order valence-electron chi connectivity index (χ1n) is 9.05. The molecule has 1 atom stereocenters. The van der Waals surface area contributed by atoms with Crippen LogP contribution in [0, 0.1) is 6.92 Å². The maximum Gasteiger partial charge on any atom is 0.358 e. The Kier molecular flexibility index (Phi) is 4.33. The van der Waals surface area contributed by atoms with E-state index in [0.717, 1.165) is 17.5 Å². The summed E-state index contributed by atoms with van der Waals surface area (Å²) in [6.45, 7) is 15.2. The number of carboxylic acids is 1. The summed E-state index contributed by atoms with van der Waals surface area (Å²) in [6, 6.07) is 6.04. The standard InChI is InChI=1S/C22H27NO3/c1-7-14(19-12-18(20(24)25)23-26-19)15-11-17-16(10-13(15)2)21(3,4)8-9-22(17,5)6/h7,10-12,14H,1,8-9H2,2-6H3,(H,24,25). The number of rotatable bonds is 4. The molecule has 4 nitrogen and oxygen atoms in total. The van der Waals surface area contributed by atoms with E-state index in [4.69, 9.17) is 9.63 Å². The fraction of sp³-hybridized carbons (Fsp3) is 0.455. The molecule has 0 amide bonds. The molecule has 0 radical (unpaired) electrons. The molecule has 1 N–H and O–H groups in total. The maximum absolute atomic E-state index is 11.1. The van der Waals surface area contributed by atoms with Gasteiger partial charge in [0.15, 0.2) is 5.69 Å². The Bertz CT molecular complexity index is 874. The highest BCUT2D eigenvalue weighted by atomic mass is 16.5. The van der Waals surface area contributed by atoms with Crippen LogP contribution in [-0.2, 0) is 10.8 Å². The van der Waals surface area contributed by atoms with Gasteiger partial charge in [0.05, 0.1) is 5.92 Å². The number of aromatic carboxylic acids is 1. The van der Waals surface area contributed by atoms with Crippen molar-refractivity contribution in [2.75, 3.05) is 0 Å². The van der Waals surface area contributed by atoms with Gasteiger partial charge in [0.2, 0.25) is 0 Å². The monoisotopic (exact) mass is 353 g/mol. The zero-order valence-corrected chi connectivity index (χ0v) is 16.2. The van der Waals surface area contributed by atoms with Gasteiger partial charge in [0.1, 0.15) is 5.76 Å². The lowest BCUT2D eigenvalue weighted by Gasteiger charge is -2.42. The third kappa shape index (κ3) is 2.98. The second-order valence-corrected chi connectivity index (χ2v) is 8.66. The van der Waals surface area contributed by atoms with Crippen LogP contribution in [0.1, 0.15) is 85.0 Å². The van der Waals surface area contributed by atoms with Crippen LogP contribution >= 0.6 is 0 Å². The Labute approximate surface area is 154 Å². The topological polar surface area (TPSA) is 63.3 Å². The van der Waals surface area contributed by atoms with Gasteiger partial charge in [-0.05, 0) is 52.8 Å². The van der Waals surface area contributed by atoms with Gasteiger partial charge >= 0.3 is 5.97 Å². The molecule has 0 bridgehead atoms. The lowest BCUT2D eigenvalue weighted by molar-refractivity contribution is 0.0685. The van der Waals surface area contributed by atoms with Crippen molar-refractivity contribution in [2.45, 2.75) is 64.2 Å². The Hall–Kier alpha value is -2.36. The summed E-state index contributed by atoms with van der Waals surface area (Å²) in [6.07, 6.45) is 4.10. The minimum Gasteiger partial charge on any atom is -0.476 e. The van der Waals surface area contributed by atoms with Crippen molar-refractivity contribution in [1.82, 2.24) is 5.16 Å². The second-order valence-electron chi connectivity index (χ2n) is 8.66. The Morgan fingerprint density at radius 1 is 1.19 bits per heavy atom. The van der Waals surface area contributed by atoms with Crippen molar-refractivity contribution in [3.05, 3.63) is 64.6 Å². The average Bonchev–Trinajstić information content (AvgIpc) is 3.04. The minimum absolute atomic E-state index is 0.0797. The van der Waals surface area contributed by atoms with E-state index < -0.39 is 5.97 Å². The van der Waals surface area contributed by atoms with Gasteiger partial charge < -0.3 is 9.63 Å². The number of carbonyl (C=O) groups is 1.